The number of benzene rings is 1. The van der Waals surface area contributed by atoms with Crippen LogP contribution in [0.5, 0.6) is 0 Å². The summed E-state index contributed by atoms with van der Waals surface area (Å²) in [5.41, 5.74) is 0.722. The zero-order chi connectivity index (χ0) is 10.7. The van der Waals surface area contributed by atoms with Gasteiger partial charge in [0.25, 0.3) is 0 Å². The maximum absolute atomic E-state index is 11.2. The number of ether oxygens (including phenoxy) is 1. The quantitative estimate of drug-likeness (QED) is 0.748. The highest BCUT2D eigenvalue weighted by atomic mass is 79.9. The maximum Gasteiger partial charge on any atom is 0.339 e. The molecule has 0 fully saturated rings. The van der Waals surface area contributed by atoms with Gasteiger partial charge in [0.15, 0.2) is 0 Å². The number of carbonyl (C=O) groups is 1. The highest BCUT2D eigenvalue weighted by molar-refractivity contribution is 9.11. The van der Waals surface area contributed by atoms with Crippen molar-refractivity contribution in [2.24, 2.45) is 0 Å². The van der Waals surface area contributed by atoms with Crippen LogP contribution in [0.1, 0.15) is 15.9 Å². The van der Waals surface area contributed by atoms with Crippen LogP contribution in [-0.4, -0.2) is 13.1 Å². The number of rotatable bonds is 1. The molecule has 0 heterocycles. The first-order chi connectivity index (χ1) is 6.61. The van der Waals surface area contributed by atoms with E-state index in [0.29, 0.717) is 20.1 Å². The van der Waals surface area contributed by atoms with Crippen LogP contribution in [0.25, 0.3) is 0 Å². The van der Waals surface area contributed by atoms with Gasteiger partial charge in [-0.3, -0.25) is 0 Å². The van der Waals surface area contributed by atoms with Gasteiger partial charge in [-0.1, -0.05) is 0 Å². The predicted octanol–water partition coefficient (Wildman–Crippen LogP) is 2.87. The lowest BCUT2D eigenvalue weighted by atomic mass is 10.1. The molecule has 0 saturated heterocycles. The van der Waals surface area contributed by atoms with Gasteiger partial charge < -0.3 is 4.74 Å². The molecule has 72 valence electrons. The van der Waals surface area contributed by atoms with Gasteiger partial charge in [-0.2, -0.15) is 5.26 Å². The highest BCUT2D eigenvalue weighted by Crippen LogP contribution is 2.28. The van der Waals surface area contributed by atoms with Gasteiger partial charge in [0.05, 0.1) is 22.7 Å². The summed E-state index contributed by atoms with van der Waals surface area (Å²) in [6, 6.07) is 5.20. The van der Waals surface area contributed by atoms with Gasteiger partial charge in [-0.25, -0.2) is 4.79 Å². The van der Waals surface area contributed by atoms with Crippen LogP contribution in [0, 0.1) is 11.3 Å². The Balaban J connectivity index is 3.37. The molecule has 0 atom stereocenters. The Morgan fingerprint density at radius 2 is 2.14 bits per heavy atom. The summed E-state index contributed by atoms with van der Waals surface area (Å²) in [5.74, 6) is -0.471. The number of esters is 1. The molecule has 0 bridgehead atoms. The van der Waals surface area contributed by atoms with Gasteiger partial charge in [0.1, 0.15) is 6.07 Å². The number of hydrogen-bond donors (Lipinski definition) is 0. The fourth-order valence-corrected chi connectivity index (χ4v) is 2.20. The fraction of sp³-hybridized carbons (Fsp3) is 0.111. The van der Waals surface area contributed by atoms with Gasteiger partial charge >= 0.3 is 5.97 Å². The van der Waals surface area contributed by atoms with Gasteiger partial charge in [-0.15, -0.1) is 0 Å². The summed E-state index contributed by atoms with van der Waals surface area (Å²) in [4.78, 5) is 11.2. The molecule has 0 N–H and O–H groups in total. The van der Waals surface area contributed by atoms with Crippen molar-refractivity contribution in [3.8, 4) is 6.07 Å². The topological polar surface area (TPSA) is 50.1 Å². The lowest BCUT2D eigenvalue weighted by Crippen LogP contribution is -2.03. The largest absolute Gasteiger partial charge is 0.465 e. The molecule has 5 heteroatoms. The fourth-order valence-electron chi connectivity index (χ4n) is 0.923. The maximum atomic E-state index is 11.2. The predicted molar refractivity (Wildman–Crippen MR) is 57.9 cm³/mol. The minimum Gasteiger partial charge on any atom is -0.465 e. The van der Waals surface area contributed by atoms with E-state index in [1.807, 2.05) is 6.07 Å². The normalized spacial score (nSPS) is 9.29. The standard InChI is InChI=1S/C9H5Br2NO2/c1-14-9(13)5-2-3-7(10)6(4-12)8(5)11/h2-3H,1H3. The summed E-state index contributed by atoms with van der Waals surface area (Å²) in [6.07, 6.45) is 0. The van der Waals surface area contributed by atoms with Crippen LogP contribution < -0.4 is 0 Å². The van der Waals surface area contributed by atoms with E-state index in [9.17, 15) is 4.79 Å². The van der Waals surface area contributed by atoms with Crippen LogP contribution in [0.2, 0.25) is 0 Å². The molecule has 3 nitrogen and oxygen atoms in total. The lowest BCUT2D eigenvalue weighted by Gasteiger charge is -2.04. The molecule has 0 radical (unpaired) electrons. The third kappa shape index (κ3) is 1.97. The molecule has 0 aromatic heterocycles. The first kappa shape index (κ1) is 11.2. The Bertz CT molecular complexity index is 424. The SMILES string of the molecule is COC(=O)c1ccc(Br)c(C#N)c1Br. The summed E-state index contributed by atoms with van der Waals surface area (Å²) in [6.45, 7) is 0. The minimum atomic E-state index is -0.471. The van der Waals surface area contributed by atoms with Crippen molar-refractivity contribution < 1.29 is 9.53 Å². The third-order valence-electron chi connectivity index (χ3n) is 1.61. The van der Waals surface area contributed by atoms with E-state index in [1.54, 1.807) is 12.1 Å². The Kier molecular flexibility index (Phi) is 3.67. The molecule has 0 spiro atoms. The first-order valence-electron chi connectivity index (χ1n) is 3.58. The molecule has 0 aliphatic heterocycles. The second-order valence-corrected chi connectivity index (χ2v) is 4.03. The zero-order valence-electron chi connectivity index (χ0n) is 7.17. The molecular weight excluding hydrogens is 314 g/mol. The van der Waals surface area contributed by atoms with Crippen LogP contribution >= 0.6 is 31.9 Å². The number of hydrogen-bond acceptors (Lipinski definition) is 3. The summed E-state index contributed by atoms with van der Waals surface area (Å²) < 4.78 is 5.65. The van der Waals surface area contributed by atoms with Gasteiger partial charge in [-0.05, 0) is 44.0 Å². The Morgan fingerprint density at radius 1 is 1.50 bits per heavy atom. The number of nitriles is 1. The van der Waals surface area contributed by atoms with Crippen molar-refractivity contribution in [2.45, 2.75) is 0 Å². The molecule has 0 amide bonds. The molecule has 14 heavy (non-hydrogen) atoms. The van der Waals surface area contributed by atoms with Gasteiger partial charge in [0, 0.05) is 4.47 Å². The van der Waals surface area contributed by atoms with Crippen LogP contribution in [0.15, 0.2) is 21.1 Å². The molecule has 0 unspecified atom stereocenters. The number of methoxy groups -OCH3 is 1. The minimum absolute atomic E-state index is 0.340. The van der Waals surface area contributed by atoms with Crippen molar-refractivity contribution >= 4 is 37.8 Å². The number of carbonyl (C=O) groups excluding carboxylic acids is 1. The number of nitrogens with zero attached hydrogens (tertiary/aromatic N) is 1. The average Bonchev–Trinajstić information content (AvgIpc) is 2.18. The van der Waals surface area contributed by atoms with Gasteiger partial charge in [0.2, 0.25) is 0 Å². The molecule has 1 aromatic carbocycles. The van der Waals surface area contributed by atoms with E-state index in [0.717, 1.165) is 0 Å². The van der Waals surface area contributed by atoms with E-state index in [1.165, 1.54) is 7.11 Å². The molecule has 0 aliphatic rings. The van der Waals surface area contributed by atoms with E-state index in [2.05, 4.69) is 36.6 Å². The van der Waals surface area contributed by atoms with Crippen LogP contribution in [0.4, 0.5) is 0 Å². The summed E-state index contributed by atoms with van der Waals surface area (Å²) in [5, 5.41) is 8.82. The van der Waals surface area contributed by atoms with E-state index >= 15 is 0 Å². The number of halogens is 2. The second kappa shape index (κ2) is 4.58. The summed E-state index contributed by atoms with van der Waals surface area (Å²) in [7, 11) is 1.29. The van der Waals surface area contributed by atoms with Crippen LogP contribution in [-0.2, 0) is 4.74 Å². The molecule has 1 rings (SSSR count). The van der Waals surface area contributed by atoms with E-state index < -0.39 is 5.97 Å². The zero-order valence-corrected chi connectivity index (χ0v) is 10.3. The van der Waals surface area contributed by atoms with E-state index in [-0.39, 0.29) is 0 Å². The van der Waals surface area contributed by atoms with Crippen molar-refractivity contribution in [2.75, 3.05) is 7.11 Å². The Labute approximate surface area is 97.9 Å². The lowest BCUT2D eigenvalue weighted by molar-refractivity contribution is 0.0599. The van der Waals surface area contributed by atoms with Crippen LogP contribution in [0.3, 0.4) is 0 Å². The second-order valence-electron chi connectivity index (χ2n) is 2.39. The monoisotopic (exact) mass is 317 g/mol. The van der Waals surface area contributed by atoms with Crippen molar-refractivity contribution in [1.29, 1.82) is 5.26 Å². The smallest absolute Gasteiger partial charge is 0.339 e. The van der Waals surface area contributed by atoms with Crippen molar-refractivity contribution in [3.05, 3.63) is 32.2 Å². The first-order valence-corrected chi connectivity index (χ1v) is 5.16. The molecule has 0 saturated carbocycles. The summed E-state index contributed by atoms with van der Waals surface area (Å²) >= 11 is 6.39. The average molecular weight is 319 g/mol. The molecular formula is C9H5Br2NO2. The van der Waals surface area contributed by atoms with Crippen molar-refractivity contribution in [1.82, 2.24) is 0 Å². The molecule has 0 aliphatic carbocycles. The molecule has 1 aromatic rings. The third-order valence-corrected chi connectivity index (χ3v) is 3.09. The Morgan fingerprint density at radius 3 is 2.64 bits per heavy atom. The highest BCUT2D eigenvalue weighted by Gasteiger charge is 2.15. The van der Waals surface area contributed by atoms with E-state index in [4.69, 9.17) is 5.26 Å². The van der Waals surface area contributed by atoms with Crippen molar-refractivity contribution in [3.63, 3.8) is 0 Å². The Hall–Kier alpha value is -0.860.